The van der Waals surface area contributed by atoms with Gasteiger partial charge >= 0.3 is 6.09 Å². The summed E-state index contributed by atoms with van der Waals surface area (Å²) in [4.78, 5) is 16.6. The monoisotopic (exact) mass is 269 g/mol. The zero-order chi connectivity index (χ0) is 14.0. The highest BCUT2D eigenvalue weighted by Crippen LogP contribution is 2.31. The van der Waals surface area contributed by atoms with E-state index in [0.29, 0.717) is 13.1 Å². The number of nitrogens with zero attached hydrogens (tertiary/aromatic N) is 2. The molecule has 5 nitrogen and oxygen atoms in total. The smallest absolute Gasteiger partial charge is 0.410 e. The lowest BCUT2D eigenvalue weighted by Crippen LogP contribution is -2.46. The van der Waals surface area contributed by atoms with Crippen LogP contribution in [-0.4, -0.2) is 59.8 Å². The minimum atomic E-state index is -0.446. The van der Waals surface area contributed by atoms with Crippen molar-refractivity contribution in [2.24, 2.45) is 5.73 Å². The third-order valence-electron chi connectivity index (χ3n) is 3.70. The standard InChI is InChI=1S/C14H27N3O2/c1-14(2,3)19-13(18)17(9-7-15)12-6-8-16(10-12)11-4-5-11/h11-12H,4-10,15H2,1-3H3/t12-/m1/s1. The lowest BCUT2D eigenvalue weighted by molar-refractivity contribution is 0.0174. The van der Waals surface area contributed by atoms with Crippen LogP contribution in [0.25, 0.3) is 0 Å². The van der Waals surface area contributed by atoms with Crippen molar-refractivity contribution in [1.82, 2.24) is 9.80 Å². The maximum atomic E-state index is 12.3. The van der Waals surface area contributed by atoms with E-state index in [1.165, 1.54) is 12.8 Å². The molecule has 1 atom stereocenters. The highest BCUT2D eigenvalue weighted by Gasteiger charge is 2.38. The Balaban J connectivity index is 1.93. The minimum absolute atomic E-state index is 0.222. The van der Waals surface area contributed by atoms with Gasteiger partial charge in [0.1, 0.15) is 5.60 Å². The number of amides is 1. The average molecular weight is 269 g/mol. The fraction of sp³-hybridized carbons (Fsp3) is 0.929. The molecule has 2 aliphatic rings. The summed E-state index contributed by atoms with van der Waals surface area (Å²) in [7, 11) is 0. The van der Waals surface area contributed by atoms with Gasteiger partial charge in [0.15, 0.2) is 0 Å². The molecule has 1 amide bonds. The fourth-order valence-electron chi connectivity index (χ4n) is 2.68. The van der Waals surface area contributed by atoms with E-state index in [0.717, 1.165) is 25.6 Å². The number of likely N-dealkylation sites (tertiary alicyclic amines) is 1. The van der Waals surface area contributed by atoms with Gasteiger partial charge < -0.3 is 15.4 Å². The Morgan fingerprint density at radius 3 is 2.58 bits per heavy atom. The third-order valence-corrected chi connectivity index (χ3v) is 3.70. The fourth-order valence-corrected chi connectivity index (χ4v) is 2.68. The predicted octanol–water partition coefficient (Wildman–Crippen LogP) is 1.42. The zero-order valence-electron chi connectivity index (χ0n) is 12.4. The van der Waals surface area contributed by atoms with Gasteiger partial charge in [-0.2, -0.15) is 0 Å². The van der Waals surface area contributed by atoms with Crippen molar-refractivity contribution in [3.63, 3.8) is 0 Å². The quantitative estimate of drug-likeness (QED) is 0.838. The Kier molecular flexibility index (Phi) is 4.36. The van der Waals surface area contributed by atoms with Crippen LogP contribution in [0.15, 0.2) is 0 Å². The van der Waals surface area contributed by atoms with E-state index in [1.54, 1.807) is 0 Å². The van der Waals surface area contributed by atoms with Gasteiger partial charge in [-0.25, -0.2) is 4.79 Å². The molecule has 1 saturated heterocycles. The number of rotatable bonds is 4. The van der Waals surface area contributed by atoms with Crippen molar-refractivity contribution >= 4 is 6.09 Å². The molecule has 5 heteroatoms. The second-order valence-corrected chi connectivity index (χ2v) is 6.63. The Morgan fingerprint density at radius 2 is 2.05 bits per heavy atom. The van der Waals surface area contributed by atoms with E-state index >= 15 is 0 Å². The van der Waals surface area contributed by atoms with Crippen molar-refractivity contribution < 1.29 is 9.53 Å². The van der Waals surface area contributed by atoms with Crippen molar-refractivity contribution in [2.75, 3.05) is 26.2 Å². The van der Waals surface area contributed by atoms with E-state index < -0.39 is 5.60 Å². The summed E-state index contributed by atoms with van der Waals surface area (Å²) in [6, 6.07) is 1.03. The van der Waals surface area contributed by atoms with Gasteiger partial charge in [-0.3, -0.25) is 4.90 Å². The molecule has 0 radical (unpaired) electrons. The number of carbonyl (C=O) groups is 1. The number of hydrogen-bond donors (Lipinski definition) is 1. The Labute approximate surface area is 116 Å². The number of nitrogens with two attached hydrogens (primary N) is 1. The van der Waals surface area contributed by atoms with E-state index in [9.17, 15) is 4.79 Å². The van der Waals surface area contributed by atoms with Gasteiger partial charge in [-0.1, -0.05) is 0 Å². The first-order valence-corrected chi connectivity index (χ1v) is 7.34. The van der Waals surface area contributed by atoms with Crippen molar-refractivity contribution in [3.8, 4) is 0 Å². The lowest BCUT2D eigenvalue weighted by atomic mass is 10.2. The van der Waals surface area contributed by atoms with Crippen molar-refractivity contribution in [1.29, 1.82) is 0 Å². The van der Waals surface area contributed by atoms with E-state index in [1.807, 2.05) is 25.7 Å². The molecule has 2 fully saturated rings. The molecule has 0 bridgehead atoms. The van der Waals surface area contributed by atoms with Crippen LogP contribution in [0.2, 0.25) is 0 Å². The van der Waals surface area contributed by atoms with E-state index in [-0.39, 0.29) is 12.1 Å². The second kappa shape index (κ2) is 5.67. The summed E-state index contributed by atoms with van der Waals surface area (Å²) in [6.07, 6.45) is 3.45. The van der Waals surface area contributed by atoms with Gasteiger partial charge in [0, 0.05) is 38.3 Å². The first-order valence-electron chi connectivity index (χ1n) is 7.34. The maximum absolute atomic E-state index is 12.3. The van der Waals surface area contributed by atoms with Crippen LogP contribution in [-0.2, 0) is 4.74 Å². The molecule has 19 heavy (non-hydrogen) atoms. The van der Waals surface area contributed by atoms with Crippen LogP contribution in [0.1, 0.15) is 40.0 Å². The maximum Gasteiger partial charge on any atom is 0.410 e. The largest absolute Gasteiger partial charge is 0.444 e. The summed E-state index contributed by atoms with van der Waals surface area (Å²) >= 11 is 0. The van der Waals surface area contributed by atoms with Crippen LogP contribution in [0, 0.1) is 0 Å². The summed E-state index contributed by atoms with van der Waals surface area (Å²) in [6.45, 7) is 8.84. The Morgan fingerprint density at radius 1 is 1.37 bits per heavy atom. The molecule has 1 aliphatic carbocycles. The van der Waals surface area contributed by atoms with Gasteiger partial charge in [-0.05, 0) is 40.0 Å². The topological polar surface area (TPSA) is 58.8 Å². The first-order chi connectivity index (χ1) is 8.90. The van der Waals surface area contributed by atoms with Gasteiger partial charge in [0.25, 0.3) is 0 Å². The van der Waals surface area contributed by atoms with Crippen molar-refractivity contribution in [2.45, 2.75) is 57.7 Å². The van der Waals surface area contributed by atoms with Crippen LogP contribution in [0.4, 0.5) is 4.79 Å². The molecular formula is C14H27N3O2. The SMILES string of the molecule is CC(C)(C)OC(=O)N(CCN)[C@@H]1CCN(C2CC2)C1. The molecule has 110 valence electrons. The van der Waals surface area contributed by atoms with Gasteiger partial charge in [0.05, 0.1) is 0 Å². The molecule has 1 aliphatic heterocycles. The van der Waals surface area contributed by atoms with E-state index in [4.69, 9.17) is 10.5 Å². The number of ether oxygens (including phenoxy) is 1. The predicted molar refractivity (Wildman–Crippen MR) is 75.0 cm³/mol. The molecule has 1 saturated carbocycles. The van der Waals surface area contributed by atoms with Crippen molar-refractivity contribution in [3.05, 3.63) is 0 Å². The zero-order valence-corrected chi connectivity index (χ0v) is 12.4. The molecule has 0 unspecified atom stereocenters. The van der Waals surface area contributed by atoms with Gasteiger partial charge in [-0.15, -0.1) is 0 Å². The van der Waals surface area contributed by atoms with E-state index in [2.05, 4.69) is 4.90 Å². The summed E-state index contributed by atoms with van der Waals surface area (Å²) in [5, 5.41) is 0. The van der Waals surface area contributed by atoms with Crippen LogP contribution in [0.5, 0.6) is 0 Å². The minimum Gasteiger partial charge on any atom is -0.444 e. The van der Waals surface area contributed by atoms with Gasteiger partial charge in [0.2, 0.25) is 0 Å². The molecule has 2 rings (SSSR count). The number of hydrogen-bond acceptors (Lipinski definition) is 4. The highest BCUT2D eigenvalue weighted by atomic mass is 16.6. The lowest BCUT2D eigenvalue weighted by Gasteiger charge is -2.31. The number of carbonyl (C=O) groups excluding carboxylic acids is 1. The summed E-state index contributed by atoms with van der Waals surface area (Å²) < 4.78 is 5.49. The highest BCUT2D eigenvalue weighted by molar-refractivity contribution is 5.68. The average Bonchev–Trinajstić information content (AvgIpc) is 3.03. The molecular weight excluding hydrogens is 242 g/mol. The Hall–Kier alpha value is -0.810. The molecule has 1 heterocycles. The summed E-state index contributed by atoms with van der Waals surface area (Å²) in [5.74, 6) is 0. The molecule has 2 N–H and O–H groups in total. The summed E-state index contributed by atoms with van der Waals surface area (Å²) in [5.41, 5.74) is 5.20. The molecule has 0 aromatic carbocycles. The Bertz CT molecular complexity index is 323. The van der Waals surface area contributed by atoms with Crippen LogP contribution >= 0.6 is 0 Å². The third kappa shape index (κ3) is 4.08. The van der Waals surface area contributed by atoms with Crippen LogP contribution < -0.4 is 5.73 Å². The molecule has 0 aromatic rings. The molecule has 0 spiro atoms. The normalized spacial score (nSPS) is 24.5. The second-order valence-electron chi connectivity index (χ2n) is 6.63. The van der Waals surface area contributed by atoms with Crippen LogP contribution in [0.3, 0.4) is 0 Å². The first kappa shape index (κ1) is 14.6. The molecule has 0 aromatic heterocycles.